The Kier molecular flexibility index (Phi) is 5.73. The number of aromatic nitrogens is 6. The summed E-state index contributed by atoms with van der Waals surface area (Å²) >= 11 is 5.13. The molecule has 0 radical (unpaired) electrons. The van der Waals surface area contributed by atoms with E-state index in [0.29, 0.717) is 11.8 Å². The number of nitrogens with zero attached hydrogens (tertiary/aromatic N) is 7. The quantitative estimate of drug-likeness (QED) is 0.384. The largest absolute Gasteiger partial charge is 0.337 e. The van der Waals surface area contributed by atoms with E-state index < -0.39 is 0 Å². The molecule has 0 saturated carbocycles. The molecule has 154 valence electrons. The molecule has 0 aliphatic carbocycles. The van der Waals surface area contributed by atoms with Crippen LogP contribution in [0.1, 0.15) is 5.69 Å². The molecule has 3 aromatic heterocycles. The molecule has 0 unspecified atom stereocenters. The molecule has 30 heavy (non-hydrogen) atoms. The molecule has 1 aromatic carbocycles. The Morgan fingerprint density at radius 2 is 1.93 bits per heavy atom. The number of halogens is 1. The Labute approximate surface area is 186 Å². The second kappa shape index (κ2) is 8.44. The fourth-order valence-corrected chi connectivity index (χ4v) is 3.68. The average Bonchev–Trinajstić information content (AvgIpc) is 3.06. The highest BCUT2D eigenvalue weighted by Crippen LogP contribution is 2.37. The van der Waals surface area contributed by atoms with Gasteiger partial charge in [-0.25, -0.2) is 4.98 Å². The minimum atomic E-state index is 0.462. The van der Waals surface area contributed by atoms with Gasteiger partial charge in [0, 0.05) is 45.0 Å². The van der Waals surface area contributed by atoms with Crippen molar-refractivity contribution in [3.63, 3.8) is 0 Å². The molecule has 4 aromatic rings. The minimum absolute atomic E-state index is 0.462. The van der Waals surface area contributed by atoms with Gasteiger partial charge in [0.05, 0.1) is 27.1 Å². The molecule has 0 saturated heterocycles. The van der Waals surface area contributed by atoms with Gasteiger partial charge >= 0.3 is 0 Å². The van der Waals surface area contributed by atoms with Crippen LogP contribution in [-0.2, 0) is 7.05 Å². The number of anilines is 5. The molecule has 2 N–H and O–H groups in total. The molecule has 0 atom stereocenters. The summed E-state index contributed by atoms with van der Waals surface area (Å²) in [5, 5.41) is 11.0. The van der Waals surface area contributed by atoms with Gasteiger partial charge in [0.25, 0.3) is 0 Å². The van der Waals surface area contributed by atoms with Gasteiger partial charge in [0.15, 0.2) is 0 Å². The van der Waals surface area contributed by atoms with E-state index in [9.17, 15) is 0 Å². The first-order chi connectivity index (χ1) is 14.5. The Hall–Kier alpha value is -2.92. The molecular formula is C19H20BrN9S. The summed E-state index contributed by atoms with van der Waals surface area (Å²) in [5.74, 6) is 1.90. The van der Waals surface area contributed by atoms with Crippen LogP contribution in [0.15, 0.2) is 41.3 Å². The van der Waals surface area contributed by atoms with Gasteiger partial charge in [-0.3, -0.25) is 14.6 Å². The molecule has 0 aliphatic heterocycles. The minimum Gasteiger partial charge on any atom is -0.337 e. The van der Waals surface area contributed by atoms with E-state index in [4.69, 9.17) is 0 Å². The van der Waals surface area contributed by atoms with Gasteiger partial charge in [0.1, 0.15) is 17.2 Å². The molecule has 0 spiro atoms. The third-order valence-electron chi connectivity index (χ3n) is 4.44. The summed E-state index contributed by atoms with van der Waals surface area (Å²) in [7, 11) is 3.86. The standard InChI is InChI=1S/C19H20BrN9S/c1-11-9-15(28(2)27-11)25-19-23-10-12(20)18(26-19)24-14-6-5-13-16(22-8-7-21-13)17(14)29(3)30-4/h5-10H,1-4H3,(H2,23,24,25,26). The predicted octanol–water partition coefficient (Wildman–Crippen LogP) is 4.43. The van der Waals surface area contributed by atoms with Crippen LogP contribution < -0.4 is 14.9 Å². The number of benzene rings is 1. The average molecular weight is 486 g/mol. The zero-order chi connectivity index (χ0) is 21.3. The van der Waals surface area contributed by atoms with Crippen LogP contribution in [0.3, 0.4) is 0 Å². The van der Waals surface area contributed by atoms with Crippen molar-refractivity contribution in [3.05, 3.63) is 47.0 Å². The van der Waals surface area contributed by atoms with Gasteiger partial charge in [0.2, 0.25) is 5.95 Å². The monoisotopic (exact) mass is 485 g/mol. The van der Waals surface area contributed by atoms with E-state index in [2.05, 4.69) is 51.6 Å². The number of nitrogens with one attached hydrogen (secondary N) is 2. The van der Waals surface area contributed by atoms with Crippen molar-refractivity contribution < 1.29 is 0 Å². The van der Waals surface area contributed by atoms with Gasteiger partial charge in [-0.15, -0.1) is 0 Å². The van der Waals surface area contributed by atoms with E-state index in [1.165, 1.54) is 0 Å². The first-order valence-corrected chi connectivity index (χ1v) is 11.0. The Balaban J connectivity index is 1.72. The van der Waals surface area contributed by atoms with E-state index in [1.807, 2.05) is 49.8 Å². The maximum Gasteiger partial charge on any atom is 0.230 e. The molecule has 3 heterocycles. The molecular weight excluding hydrogens is 466 g/mol. The van der Waals surface area contributed by atoms with Crippen molar-refractivity contribution >= 4 is 67.9 Å². The predicted molar refractivity (Wildman–Crippen MR) is 126 cm³/mol. The maximum absolute atomic E-state index is 4.64. The highest BCUT2D eigenvalue weighted by molar-refractivity contribution is 9.10. The van der Waals surface area contributed by atoms with Crippen molar-refractivity contribution in [3.8, 4) is 0 Å². The van der Waals surface area contributed by atoms with Gasteiger partial charge in [-0.05, 0) is 35.0 Å². The fourth-order valence-electron chi connectivity index (χ4n) is 3.02. The number of rotatable bonds is 6. The highest BCUT2D eigenvalue weighted by Gasteiger charge is 2.16. The molecule has 11 heteroatoms. The number of hydrogen-bond donors (Lipinski definition) is 2. The molecule has 0 aliphatic rings. The SMILES string of the molecule is CSN(C)c1c(Nc2nc(Nc3cc(C)nn3C)ncc2Br)ccc2nccnc12. The first-order valence-electron chi connectivity index (χ1n) is 9.05. The molecule has 0 amide bonds. The normalized spacial score (nSPS) is 11.0. The summed E-state index contributed by atoms with van der Waals surface area (Å²) < 4.78 is 4.54. The van der Waals surface area contributed by atoms with E-state index in [1.54, 1.807) is 35.2 Å². The molecule has 0 bridgehead atoms. The fraction of sp³-hybridized carbons (Fsp3) is 0.211. The lowest BCUT2D eigenvalue weighted by atomic mass is 10.2. The first kappa shape index (κ1) is 20.4. The van der Waals surface area contributed by atoms with Gasteiger partial charge < -0.3 is 14.9 Å². The van der Waals surface area contributed by atoms with Crippen molar-refractivity contribution in [2.24, 2.45) is 7.05 Å². The highest BCUT2D eigenvalue weighted by atomic mass is 79.9. The second-order valence-electron chi connectivity index (χ2n) is 6.50. The van der Waals surface area contributed by atoms with Crippen LogP contribution in [0.4, 0.5) is 29.0 Å². The number of aryl methyl sites for hydroxylation is 2. The second-order valence-corrected chi connectivity index (χ2v) is 8.27. The smallest absolute Gasteiger partial charge is 0.230 e. The Morgan fingerprint density at radius 1 is 1.13 bits per heavy atom. The van der Waals surface area contributed by atoms with Crippen molar-refractivity contribution in [2.75, 3.05) is 28.2 Å². The van der Waals surface area contributed by atoms with Gasteiger partial charge in [-0.1, -0.05) is 11.9 Å². The van der Waals surface area contributed by atoms with Crippen LogP contribution in [0.2, 0.25) is 0 Å². The topological polar surface area (TPSA) is 96.7 Å². The molecule has 0 fully saturated rings. The molecule has 4 rings (SSSR count). The summed E-state index contributed by atoms with van der Waals surface area (Å²) in [6, 6.07) is 5.85. The Bertz CT molecular complexity index is 1210. The number of fused-ring (bicyclic) bond motifs is 1. The van der Waals surface area contributed by atoms with Crippen molar-refractivity contribution in [1.29, 1.82) is 0 Å². The van der Waals surface area contributed by atoms with Gasteiger partial charge in [-0.2, -0.15) is 10.1 Å². The zero-order valence-corrected chi connectivity index (χ0v) is 19.3. The van der Waals surface area contributed by atoms with E-state index in [-0.39, 0.29) is 0 Å². The number of hydrogen-bond acceptors (Lipinski definition) is 9. The molecule has 9 nitrogen and oxygen atoms in total. The Morgan fingerprint density at radius 3 is 2.67 bits per heavy atom. The third kappa shape index (κ3) is 4.03. The lowest BCUT2D eigenvalue weighted by molar-refractivity contribution is 0.763. The van der Waals surface area contributed by atoms with Crippen LogP contribution >= 0.6 is 27.9 Å². The summed E-state index contributed by atoms with van der Waals surface area (Å²) in [6.45, 7) is 1.94. The summed E-state index contributed by atoms with van der Waals surface area (Å²) in [6.07, 6.45) is 7.11. The van der Waals surface area contributed by atoms with Crippen LogP contribution in [0, 0.1) is 6.92 Å². The van der Waals surface area contributed by atoms with Crippen LogP contribution in [0.5, 0.6) is 0 Å². The summed E-state index contributed by atoms with van der Waals surface area (Å²) in [4.78, 5) is 18.0. The third-order valence-corrected chi connectivity index (χ3v) is 5.75. The lowest BCUT2D eigenvalue weighted by Gasteiger charge is -2.21. The van der Waals surface area contributed by atoms with E-state index >= 15 is 0 Å². The van der Waals surface area contributed by atoms with Crippen LogP contribution in [0.25, 0.3) is 11.0 Å². The van der Waals surface area contributed by atoms with E-state index in [0.717, 1.165) is 38.4 Å². The summed E-state index contributed by atoms with van der Waals surface area (Å²) in [5.41, 5.74) is 4.34. The maximum atomic E-state index is 4.64. The van der Waals surface area contributed by atoms with Crippen molar-refractivity contribution in [1.82, 2.24) is 29.7 Å². The lowest BCUT2D eigenvalue weighted by Crippen LogP contribution is -2.10. The van der Waals surface area contributed by atoms with Crippen LogP contribution in [-0.4, -0.2) is 43.0 Å². The van der Waals surface area contributed by atoms with Crippen molar-refractivity contribution in [2.45, 2.75) is 6.92 Å². The zero-order valence-electron chi connectivity index (χ0n) is 16.9.